The summed E-state index contributed by atoms with van der Waals surface area (Å²) < 4.78 is 5.48. The van der Waals surface area contributed by atoms with E-state index < -0.39 is 5.72 Å². The highest BCUT2D eigenvalue weighted by atomic mass is 16.5. The van der Waals surface area contributed by atoms with Crippen molar-refractivity contribution in [2.45, 2.75) is 52.9 Å². The van der Waals surface area contributed by atoms with Gasteiger partial charge < -0.3 is 10.1 Å². The van der Waals surface area contributed by atoms with Crippen molar-refractivity contribution in [3.63, 3.8) is 0 Å². The molecular formula is C9H19NO2. The van der Waals surface area contributed by atoms with Crippen molar-refractivity contribution < 1.29 is 9.53 Å². The van der Waals surface area contributed by atoms with E-state index in [1.807, 2.05) is 34.6 Å². The Balaban J connectivity index is 3.94. The topological polar surface area (TPSA) is 38.3 Å². The van der Waals surface area contributed by atoms with Gasteiger partial charge >= 0.3 is 0 Å². The van der Waals surface area contributed by atoms with Gasteiger partial charge in [-0.2, -0.15) is 0 Å². The van der Waals surface area contributed by atoms with E-state index in [2.05, 4.69) is 5.32 Å². The molecule has 1 amide bonds. The van der Waals surface area contributed by atoms with Gasteiger partial charge in [-0.15, -0.1) is 0 Å². The number of carbonyl (C=O) groups excluding carboxylic acids is 1. The molecular weight excluding hydrogens is 154 g/mol. The van der Waals surface area contributed by atoms with Crippen LogP contribution in [0.5, 0.6) is 0 Å². The molecule has 0 aliphatic heterocycles. The molecule has 0 fully saturated rings. The maximum absolute atomic E-state index is 11.0. The van der Waals surface area contributed by atoms with Gasteiger partial charge in [0.05, 0.1) is 6.10 Å². The fourth-order valence-corrected chi connectivity index (χ4v) is 1.04. The molecule has 0 bridgehead atoms. The fourth-order valence-electron chi connectivity index (χ4n) is 1.04. The predicted molar refractivity (Wildman–Crippen MR) is 48.7 cm³/mol. The zero-order chi connectivity index (χ0) is 9.78. The minimum atomic E-state index is -0.554. The lowest BCUT2D eigenvalue weighted by Crippen LogP contribution is -2.46. The van der Waals surface area contributed by atoms with Gasteiger partial charge in [0, 0.05) is 6.42 Å². The summed E-state index contributed by atoms with van der Waals surface area (Å²) in [5.41, 5.74) is -0.554. The first-order valence-electron chi connectivity index (χ1n) is 4.36. The summed E-state index contributed by atoms with van der Waals surface area (Å²) in [6, 6.07) is 0. The molecule has 0 saturated carbocycles. The van der Waals surface area contributed by atoms with E-state index in [4.69, 9.17) is 4.74 Å². The van der Waals surface area contributed by atoms with Crippen LogP contribution in [-0.2, 0) is 9.53 Å². The quantitative estimate of drug-likeness (QED) is 0.657. The second kappa shape index (κ2) is 4.45. The molecule has 0 heterocycles. The summed E-state index contributed by atoms with van der Waals surface area (Å²) in [5.74, 6) is 0.0145. The van der Waals surface area contributed by atoms with E-state index in [-0.39, 0.29) is 12.0 Å². The number of hydrogen-bond acceptors (Lipinski definition) is 2. The summed E-state index contributed by atoms with van der Waals surface area (Å²) in [4.78, 5) is 11.0. The third-order valence-corrected chi connectivity index (χ3v) is 1.29. The van der Waals surface area contributed by atoms with Gasteiger partial charge in [0.15, 0.2) is 0 Å². The highest BCUT2D eigenvalue weighted by Gasteiger charge is 2.20. The minimum absolute atomic E-state index is 0.0145. The monoisotopic (exact) mass is 173 g/mol. The molecule has 0 aromatic heterocycles. The number of ether oxygens (including phenoxy) is 1. The number of rotatable bonds is 4. The Morgan fingerprint density at radius 1 is 1.50 bits per heavy atom. The Bertz CT molecular complexity index is 153. The molecule has 0 aliphatic rings. The van der Waals surface area contributed by atoms with Gasteiger partial charge in [0.1, 0.15) is 5.72 Å². The van der Waals surface area contributed by atoms with E-state index in [1.54, 1.807) is 0 Å². The minimum Gasteiger partial charge on any atom is -0.354 e. The van der Waals surface area contributed by atoms with Crippen molar-refractivity contribution in [1.29, 1.82) is 0 Å². The smallest absolute Gasteiger partial charge is 0.221 e. The van der Waals surface area contributed by atoms with Crippen LogP contribution in [0.25, 0.3) is 0 Å². The summed E-state index contributed by atoms with van der Waals surface area (Å²) in [5, 5.41) is 2.78. The number of hydrogen-bond donors (Lipinski definition) is 1. The van der Waals surface area contributed by atoms with Crippen LogP contribution < -0.4 is 5.32 Å². The molecule has 0 spiro atoms. The second-order valence-electron chi connectivity index (χ2n) is 3.58. The Kier molecular flexibility index (Phi) is 4.24. The van der Waals surface area contributed by atoms with Crippen LogP contribution in [0, 0.1) is 0 Å². The van der Waals surface area contributed by atoms with Gasteiger partial charge in [0.25, 0.3) is 0 Å². The average molecular weight is 173 g/mol. The first-order chi connectivity index (χ1) is 5.37. The molecule has 0 saturated heterocycles. The van der Waals surface area contributed by atoms with Gasteiger partial charge in [-0.05, 0) is 27.7 Å². The first kappa shape index (κ1) is 11.4. The molecule has 0 atom stereocenters. The predicted octanol–water partition coefficient (Wildman–Crippen LogP) is 1.67. The fraction of sp³-hybridized carbons (Fsp3) is 0.889. The maximum Gasteiger partial charge on any atom is 0.221 e. The third-order valence-electron chi connectivity index (χ3n) is 1.29. The molecule has 3 nitrogen and oxygen atoms in total. The van der Waals surface area contributed by atoms with E-state index in [9.17, 15) is 4.79 Å². The van der Waals surface area contributed by atoms with Crippen LogP contribution in [-0.4, -0.2) is 17.7 Å². The Labute approximate surface area is 74.5 Å². The van der Waals surface area contributed by atoms with Gasteiger partial charge in [-0.1, -0.05) is 6.92 Å². The Morgan fingerprint density at radius 2 is 2.00 bits per heavy atom. The number of carbonyl (C=O) groups is 1. The molecule has 3 heteroatoms. The zero-order valence-electron chi connectivity index (χ0n) is 8.60. The van der Waals surface area contributed by atoms with Crippen molar-refractivity contribution in [2.75, 3.05) is 0 Å². The summed E-state index contributed by atoms with van der Waals surface area (Å²) in [6.45, 7) is 9.40. The molecule has 72 valence electrons. The van der Waals surface area contributed by atoms with E-state index in [0.717, 1.165) is 0 Å². The lowest BCUT2D eigenvalue weighted by Gasteiger charge is -2.28. The summed E-state index contributed by atoms with van der Waals surface area (Å²) in [7, 11) is 0. The van der Waals surface area contributed by atoms with Gasteiger partial charge in [-0.25, -0.2) is 0 Å². The SMILES string of the molecule is CCC(=O)NC(C)(C)OC(C)C. The standard InChI is InChI=1S/C9H19NO2/c1-6-8(11)10-9(4,5)12-7(2)3/h7H,6H2,1-5H3,(H,10,11). The molecule has 0 aliphatic carbocycles. The van der Waals surface area contributed by atoms with Crippen LogP contribution in [0.3, 0.4) is 0 Å². The molecule has 0 unspecified atom stereocenters. The van der Waals surface area contributed by atoms with Crippen molar-refractivity contribution in [2.24, 2.45) is 0 Å². The average Bonchev–Trinajstić information content (AvgIpc) is 1.83. The maximum atomic E-state index is 11.0. The van der Waals surface area contributed by atoms with Crippen LogP contribution in [0.2, 0.25) is 0 Å². The molecule has 0 aromatic rings. The van der Waals surface area contributed by atoms with Gasteiger partial charge in [0.2, 0.25) is 5.91 Å². The third kappa shape index (κ3) is 5.13. The van der Waals surface area contributed by atoms with E-state index in [0.29, 0.717) is 6.42 Å². The highest BCUT2D eigenvalue weighted by molar-refractivity contribution is 5.76. The van der Waals surface area contributed by atoms with Crippen LogP contribution in [0.4, 0.5) is 0 Å². The largest absolute Gasteiger partial charge is 0.354 e. The molecule has 0 radical (unpaired) electrons. The first-order valence-corrected chi connectivity index (χ1v) is 4.36. The van der Waals surface area contributed by atoms with E-state index in [1.165, 1.54) is 0 Å². The van der Waals surface area contributed by atoms with Crippen LogP contribution in [0.15, 0.2) is 0 Å². The Hall–Kier alpha value is -0.570. The van der Waals surface area contributed by atoms with Gasteiger partial charge in [-0.3, -0.25) is 4.79 Å². The molecule has 12 heavy (non-hydrogen) atoms. The van der Waals surface area contributed by atoms with Crippen molar-refractivity contribution >= 4 is 5.91 Å². The van der Waals surface area contributed by atoms with E-state index >= 15 is 0 Å². The molecule has 0 rings (SSSR count). The lowest BCUT2D eigenvalue weighted by atomic mass is 10.2. The van der Waals surface area contributed by atoms with Crippen molar-refractivity contribution in [1.82, 2.24) is 5.32 Å². The molecule has 0 aromatic carbocycles. The zero-order valence-corrected chi connectivity index (χ0v) is 8.60. The normalized spacial score (nSPS) is 11.8. The number of nitrogens with one attached hydrogen (secondary N) is 1. The summed E-state index contributed by atoms with van der Waals surface area (Å²) >= 11 is 0. The van der Waals surface area contributed by atoms with Crippen LogP contribution in [0.1, 0.15) is 41.0 Å². The second-order valence-corrected chi connectivity index (χ2v) is 3.58. The lowest BCUT2D eigenvalue weighted by molar-refractivity contribution is -0.134. The number of amides is 1. The Morgan fingerprint density at radius 3 is 2.33 bits per heavy atom. The van der Waals surface area contributed by atoms with Crippen LogP contribution >= 0.6 is 0 Å². The summed E-state index contributed by atoms with van der Waals surface area (Å²) in [6.07, 6.45) is 0.613. The van der Waals surface area contributed by atoms with Crippen molar-refractivity contribution in [3.8, 4) is 0 Å². The van der Waals surface area contributed by atoms with Crippen molar-refractivity contribution in [3.05, 3.63) is 0 Å². The molecule has 1 N–H and O–H groups in total. The highest BCUT2D eigenvalue weighted by Crippen LogP contribution is 2.08.